The third-order valence-electron chi connectivity index (χ3n) is 3.01. The number of benzene rings is 1. The average molecular weight is 338 g/mol. The number of nitrogens with one attached hydrogen (secondary N) is 1. The van der Waals surface area contributed by atoms with Crippen molar-refractivity contribution in [2.24, 2.45) is 0 Å². The lowest BCUT2D eigenvalue weighted by Gasteiger charge is -2.24. The number of likely N-dealkylation sites (N-methyl/N-ethyl adjacent to an activating group) is 1. The number of rotatable bonds is 4. The van der Waals surface area contributed by atoms with E-state index in [4.69, 9.17) is 26.4 Å². The van der Waals surface area contributed by atoms with Gasteiger partial charge in [0.2, 0.25) is 6.79 Å². The summed E-state index contributed by atoms with van der Waals surface area (Å²) < 4.78 is 15.9. The van der Waals surface area contributed by atoms with Crippen LogP contribution in [0.4, 0.5) is 0 Å². The number of carbonyl (C=O) groups is 1. The second-order valence-electron chi connectivity index (χ2n) is 6.29. The van der Waals surface area contributed by atoms with E-state index in [9.17, 15) is 4.79 Å². The standard InChI is InChI=1S/C16H22N2O4S/c1-16(2,3)22-14(19)9-18(4)15(23)17-8-11-5-6-12-13(7-11)21-10-20-12/h5-7H,8-10H2,1-4H3,(H,17,23). The molecule has 23 heavy (non-hydrogen) atoms. The molecule has 0 bridgehead atoms. The molecule has 126 valence electrons. The van der Waals surface area contributed by atoms with Gasteiger partial charge in [0.15, 0.2) is 16.6 Å². The first-order chi connectivity index (χ1) is 10.7. The van der Waals surface area contributed by atoms with Crippen LogP contribution in [0.1, 0.15) is 26.3 Å². The van der Waals surface area contributed by atoms with Crippen LogP contribution in [0.3, 0.4) is 0 Å². The van der Waals surface area contributed by atoms with Crippen LogP contribution in [0.5, 0.6) is 11.5 Å². The lowest BCUT2D eigenvalue weighted by Crippen LogP contribution is -2.41. The zero-order chi connectivity index (χ0) is 17.0. The van der Waals surface area contributed by atoms with Gasteiger partial charge in [-0.3, -0.25) is 4.79 Å². The maximum atomic E-state index is 11.8. The second-order valence-corrected chi connectivity index (χ2v) is 6.68. The topological polar surface area (TPSA) is 60.0 Å². The van der Waals surface area contributed by atoms with Crippen molar-refractivity contribution in [2.75, 3.05) is 20.4 Å². The van der Waals surface area contributed by atoms with Crippen molar-refractivity contribution in [3.63, 3.8) is 0 Å². The first-order valence-electron chi connectivity index (χ1n) is 7.34. The molecule has 0 atom stereocenters. The first kappa shape index (κ1) is 17.3. The smallest absolute Gasteiger partial charge is 0.326 e. The zero-order valence-corrected chi connectivity index (χ0v) is 14.7. The molecule has 0 saturated carbocycles. The Morgan fingerprint density at radius 1 is 1.35 bits per heavy atom. The molecule has 6 nitrogen and oxygen atoms in total. The maximum absolute atomic E-state index is 11.8. The van der Waals surface area contributed by atoms with Gasteiger partial charge in [-0.05, 0) is 50.7 Å². The Labute approximate surface area is 141 Å². The molecular weight excluding hydrogens is 316 g/mol. The lowest BCUT2D eigenvalue weighted by atomic mass is 10.2. The van der Waals surface area contributed by atoms with E-state index in [1.807, 2.05) is 39.0 Å². The Kier molecular flexibility index (Phi) is 5.30. The van der Waals surface area contributed by atoms with Crippen LogP contribution >= 0.6 is 12.2 Å². The van der Waals surface area contributed by atoms with Crippen LogP contribution in [-0.4, -0.2) is 42.0 Å². The van der Waals surface area contributed by atoms with Gasteiger partial charge in [-0.2, -0.15) is 0 Å². The summed E-state index contributed by atoms with van der Waals surface area (Å²) in [4.78, 5) is 13.4. The predicted molar refractivity (Wildman–Crippen MR) is 90.5 cm³/mol. The van der Waals surface area contributed by atoms with E-state index < -0.39 is 5.60 Å². The summed E-state index contributed by atoms with van der Waals surface area (Å²) in [7, 11) is 1.75. The molecule has 1 aliphatic rings. The van der Waals surface area contributed by atoms with Crippen LogP contribution in [0.15, 0.2) is 18.2 Å². The minimum atomic E-state index is -0.501. The number of esters is 1. The largest absolute Gasteiger partial charge is 0.459 e. The first-order valence-corrected chi connectivity index (χ1v) is 7.75. The molecule has 0 amide bonds. The summed E-state index contributed by atoms with van der Waals surface area (Å²) in [5.74, 6) is 1.17. The molecule has 1 aliphatic heterocycles. The maximum Gasteiger partial charge on any atom is 0.326 e. The van der Waals surface area contributed by atoms with Crippen molar-refractivity contribution in [1.82, 2.24) is 10.2 Å². The Bertz CT molecular complexity index is 598. The summed E-state index contributed by atoms with van der Waals surface area (Å²) in [6, 6.07) is 5.72. The number of fused-ring (bicyclic) bond motifs is 1. The van der Waals surface area contributed by atoms with Crippen LogP contribution < -0.4 is 14.8 Å². The molecule has 0 radical (unpaired) electrons. The van der Waals surface area contributed by atoms with E-state index in [0.29, 0.717) is 11.7 Å². The van der Waals surface area contributed by atoms with Gasteiger partial charge in [0.25, 0.3) is 0 Å². The highest BCUT2D eigenvalue weighted by atomic mass is 32.1. The number of hydrogen-bond acceptors (Lipinski definition) is 5. The van der Waals surface area contributed by atoms with E-state index in [1.54, 1.807) is 11.9 Å². The number of thiocarbonyl (C=S) groups is 1. The summed E-state index contributed by atoms with van der Waals surface area (Å²) in [6.45, 7) is 6.39. The molecule has 1 heterocycles. The van der Waals surface area contributed by atoms with E-state index in [1.165, 1.54) is 0 Å². The summed E-state index contributed by atoms with van der Waals surface area (Å²) in [5.41, 5.74) is 0.515. The van der Waals surface area contributed by atoms with Gasteiger partial charge >= 0.3 is 5.97 Å². The Balaban J connectivity index is 1.81. The summed E-state index contributed by atoms with van der Waals surface area (Å²) >= 11 is 5.29. The van der Waals surface area contributed by atoms with Crippen LogP contribution in [0.2, 0.25) is 0 Å². The Hall–Kier alpha value is -2.02. The molecule has 1 aromatic carbocycles. The zero-order valence-electron chi connectivity index (χ0n) is 13.8. The molecule has 1 aromatic rings. The molecule has 0 fully saturated rings. The minimum Gasteiger partial charge on any atom is -0.459 e. The van der Waals surface area contributed by atoms with E-state index in [2.05, 4.69) is 5.32 Å². The molecule has 0 saturated heterocycles. The van der Waals surface area contributed by atoms with Crippen molar-refractivity contribution in [1.29, 1.82) is 0 Å². The second kappa shape index (κ2) is 7.04. The highest BCUT2D eigenvalue weighted by molar-refractivity contribution is 7.80. The Morgan fingerprint density at radius 2 is 2.04 bits per heavy atom. The van der Waals surface area contributed by atoms with Gasteiger partial charge in [-0.1, -0.05) is 6.07 Å². The van der Waals surface area contributed by atoms with Crippen molar-refractivity contribution in [3.05, 3.63) is 23.8 Å². The molecule has 7 heteroatoms. The summed E-state index contributed by atoms with van der Waals surface area (Å²) in [5, 5.41) is 3.59. The minimum absolute atomic E-state index is 0.101. The van der Waals surface area contributed by atoms with Gasteiger partial charge in [0.05, 0.1) is 0 Å². The van der Waals surface area contributed by atoms with Gasteiger partial charge in [-0.15, -0.1) is 0 Å². The third-order valence-corrected chi connectivity index (χ3v) is 3.47. The van der Waals surface area contributed by atoms with E-state index in [-0.39, 0.29) is 19.3 Å². The van der Waals surface area contributed by atoms with Crippen molar-refractivity contribution >= 4 is 23.3 Å². The number of ether oxygens (including phenoxy) is 3. The fourth-order valence-corrected chi connectivity index (χ4v) is 2.14. The highest BCUT2D eigenvalue weighted by Gasteiger charge is 2.18. The number of nitrogens with zero attached hydrogens (tertiary/aromatic N) is 1. The number of carbonyl (C=O) groups excluding carboxylic acids is 1. The normalized spacial score (nSPS) is 12.7. The van der Waals surface area contributed by atoms with Crippen molar-refractivity contribution in [3.8, 4) is 11.5 Å². The predicted octanol–water partition coefficient (Wildman–Crippen LogP) is 2.06. The summed E-state index contributed by atoms with van der Waals surface area (Å²) in [6.07, 6.45) is 0. The third kappa shape index (κ3) is 5.28. The van der Waals surface area contributed by atoms with Gasteiger partial charge in [0, 0.05) is 13.6 Å². The van der Waals surface area contributed by atoms with E-state index in [0.717, 1.165) is 17.1 Å². The fourth-order valence-electron chi connectivity index (χ4n) is 2.00. The Morgan fingerprint density at radius 3 is 2.74 bits per heavy atom. The molecule has 0 aliphatic carbocycles. The lowest BCUT2D eigenvalue weighted by molar-refractivity contribution is -0.154. The number of hydrogen-bond donors (Lipinski definition) is 1. The average Bonchev–Trinajstić information content (AvgIpc) is 2.89. The molecule has 0 unspecified atom stereocenters. The van der Waals surface area contributed by atoms with Gasteiger partial charge in [-0.25, -0.2) is 0 Å². The molecule has 2 rings (SSSR count). The molecular formula is C16H22N2O4S. The van der Waals surface area contributed by atoms with Crippen LogP contribution in [0, 0.1) is 0 Å². The molecule has 0 spiro atoms. The molecule has 0 aromatic heterocycles. The van der Waals surface area contributed by atoms with Crippen molar-refractivity contribution in [2.45, 2.75) is 32.9 Å². The molecule has 1 N–H and O–H groups in total. The SMILES string of the molecule is CN(CC(=O)OC(C)(C)C)C(=S)NCc1ccc2c(c1)OCO2. The van der Waals surface area contributed by atoms with E-state index >= 15 is 0 Å². The monoisotopic (exact) mass is 338 g/mol. The van der Waals surface area contributed by atoms with Crippen molar-refractivity contribution < 1.29 is 19.0 Å². The van der Waals surface area contributed by atoms with Gasteiger partial charge < -0.3 is 24.4 Å². The van der Waals surface area contributed by atoms with Crippen LogP contribution in [0.25, 0.3) is 0 Å². The fraction of sp³-hybridized carbons (Fsp3) is 0.500. The quantitative estimate of drug-likeness (QED) is 0.666. The van der Waals surface area contributed by atoms with Crippen LogP contribution in [-0.2, 0) is 16.1 Å². The highest BCUT2D eigenvalue weighted by Crippen LogP contribution is 2.32. The van der Waals surface area contributed by atoms with Gasteiger partial charge in [0.1, 0.15) is 12.1 Å².